The minimum Gasteiger partial charge on any atom is -0.489 e. The zero-order valence-corrected chi connectivity index (χ0v) is 17.7. The molecule has 11 heteroatoms. The highest BCUT2D eigenvalue weighted by molar-refractivity contribution is 5.91. The molecule has 0 unspecified atom stereocenters. The van der Waals surface area contributed by atoms with Crippen molar-refractivity contribution in [1.82, 2.24) is 14.8 Å². The molecule has 32 heavy (non-hydrogen) atoms. The van der Waals surface area contributed by atoms with Gasteiger partial charge in [0.15, 0.2) is 5.69 Å². The van der Waals surface area contributed by atoms with Crippen LogP contribution in [0.4, 0.5) is 23.7 Å². The molecule has 0 saturated carbocycles. The minimum atomic E-state index is -4.51. The van der Waals surface area contributed by atoms with E-state index >= 15 is 0 Å². The molecule has 2 amide bonds. The highest BCUT2D eigenvalue weighted by atomic mass is 19.4. The summed E-state index contributed by atoms with van der Waals surface area (Å²) in [4.78, 5) is 12.2. The molecule has 0 bridgehead atoms. The van der Waals surface area contributed by atoms with Crippen LogP contribution in [-0.2, 0) is 12.8 Å². The molecule has 4 N–H and O–H groups in total. The number of anilines is 1. The van der Waals surface area contributed by atoms with Gasteiger partial charge in [-0.1, -0.05) is 12.1 Å². The van der Waals surface area contributed by atoms with E-state index in [1.165, 1.54) is 13.2 Å². The number of ether oxygens (including phenoxy) is 1. The van der Waals surface area contributed by atoms with Crippen molar-refractivity contribution in [3.8, 4) is 11.4 Å². The zero-order valence-electron chi connectivity index (χ0n) is 17.7. The number of carbonyl (C=O) groups is 1. The fourth-order valence-electron chi connectivity index (χ4n) is 3.08. The van der Waals surface area contributed by atoms with Crippen LogP contribution in [0, 0.1) is 13.8 Å². The van der Waals surface area contributed by atoms with Gasteiger partial charge in [-0.05, 0) is 55.3 Å². The molecular formula is C21H23F3N6O2. The maximum absolute atomic E-state index is 12.8. The Hall–Kier alpha value is -3.57. The molecule has 2 aromatic carbocycles. The Morgan fingerprint density at radius 2 is 1.84 bits per heavy atom. The first-order valence-corrected chi connectivity index (χ1v) is 9.51. The Labute approximate surface area is 182 Å². The predicted molar refractivity (Wildman–Crippen MR) is 113 cm³/mol. The van der Waals surface area contributed by atoms with E-state index in [-0.39, 0.29) is 6.61 Å². The van der Waals surface area contributed by atoms with Gasteiger partial charge in [-0.3, -0.25) is 5.01 Å². The van der Waals surface area contributed by atoms with Crippen molar-refractivity contribution in [2.75, 3.05) is 12.1 Å². The molecule has 170 valence electrons. The molecule has 0 aliphatic heterocycles. The smallest absolute Gasteiger partial charge is 0.435 e. The number of hydrogen-bond acceptors (Lipinski definition) is 5. The highest BCUT2D eigenvalue weighted by Gasteiger charge is 2.33. The molecule has 0 spiro atoms. The topological polar surface area (TPSA) is 103 Å². The fourth-order valence-corrected chi connectivity index (χ4v) is 3.08. The standard InChI is InChI=1S/C21H23F3N6O2/c1-13-5-4-6-17(30(26)20(31)28(3)25)16(13)12-32-18-8-7-15(11-14(18)2)29-10-9-19(27-29)21(22,23)24/h4-11H,12,25-26H2,1-3H3. The third kappa shape index (κ3) is 4.84. The number of hydrogen-bond donors (Lipinski definition) is 2. The average Bonchev–Trinajstić information content (AvgIpc) is 3.23. The van der Waals surface area contributed by atoms with Gasteiger partial charge < -0.3 is 4.74 Å². The number of aromatic nitrogens is 2. The van der Waals surface area contributed by atoms with Gasteiger partial charge >= 0.3 is 12.2 Å². The second-order valence-electron chi connectivity index (χ2n) is 7.22. The Kier molecular flexibility index (Phi) is 6.42. The fraction of sp³-hybridized carbons (Fsp3) is 0.238. The van der Waals surface area contributed by atoms with Crippen LogP contribution in [-0.4, -0.2) is 27.9 Å². The third-order valence-corrected chi connectivity index (χ3v) is 4.83. The van der Waals surface area contributed by atoms with E-state index in [0.717, 1.165) is 26.3 Å². The monoisotopic (exact) mass is 448 g/mol. The summed E-state index contributed by atoms with van der Waals surface area (Å²) >= 11 is 0. The van der Waals surface area contributed by atoms with Gasteiger partial charge in [0.2, 0.25) is 0 Å². The Morgan fingerprint density at radius 3 is 2.44 bits per heavy atom. The lowest BCUT2D eigenvalue weighted by Gasteiger charge is -2.24. The molecule has 0 fully saturated rings. The number of urea groups is 1. The lowest BCUT2D eigenvalue weighted by atomic mass is 10.1. The number of nitrogens with zero attached hydrogens (tertiary/aromatic N) is 4. The van der Waals surface area contributed by atoms with E-state index < -0.39 is 17.9 Å². The number of benzene rings is 2. The summed E-state index contributed by atoms with van der Waals surface area (Å²) < 4.78 is 45.5. The van der Waals surface area contributed by atoms with Crippen molar-refractivity contribution < 1.29 is 22.7 Å². The van der Waals surface area contributed by atoms with Crippen LogP contribution in [0.15, 0.2) is 48.7 Å². The first-order chi connectivity index (χ1) is 15.0. The van der Waals surface area contributed by atoms with Crippen LogP contribution < -0.4 is 21.4 Å². The van der Waals surface area contributed by atoms with Crippen LogP contribution >= 0.6 is 0 Å². The van der Waals surface area contributed by atoms with E-state index in [9.17, 15) is 18.0 Å². The quantitative estimate of drug-likeness (QED) is 0.352. The predicted octanol–water partition coefficient (Wildman–Crippen LogP) is 3.69. The molecule has 0 radical (unpaired) electrons. The number of rotatable bonds is 5. The van der Waals surface area contributed by atoms with Crippen LogP contribution in [0.3, 0.4) is 0 Å². The number of amides is 2. The summed E-state index contributed by atoms with van der Waals surface area (Å²) in [5.74, 6) is 12.0. The van der Waals surface area contributed by atoms with E-state index in [1.807, 2.05) is 13.0 Å². The van der Waals surface area contributed by atoms with Crippen molar-refractivity contribution in [1.29, 1.82) is 0 Å². The molecule has 0 atom stereocenters. The molecule has 0 aliphatic rings. The van der Waals surface area contributed by atoms with Crippen LogP contribution in [0.1, 0.15) is 22.4 Å². The van der Waals surface area contributed by atoms with Gasteiger partial charge in [-0.25, -0.2) is 26.2 Å². The van der Waals surface area contributed by atoms with Crippen molar-refractivity contribution in [3.05, 3.63) is 71.0 Å². The largest absolute Gasteiger partial charge is 0.489 e. The molecule has 3 aromatic rings. The van der Waals surface area contributed by atoms with E-state index in [2.05, 4.69) is 5.10 Å². The zero-order chi connectivity index (χ0) is 23.6. The summed E-state index contributed by atoms with van der Waals surface area (Å²) in [7, 11) is 1.39. The summed E-state index contributed by atoms with van der Waals surface area (Å²) in [5, 5.41) is 5.39. The first-order valence-electron chi connectivity index (χ1n) is 9.51. The van der Waals surface area contributed by atoms with Gasteiger partial charge in [0.1, 0.15) is 12.4 Å². The molecule has 0 aliphatic carbocycles. The van der Waals surface area contributed by atoms with Crippen LogP contribution in [0.5, 0.6) is 5.75 Å². The minimum absolute atomic E-state index is 0.109. The molecule has 8 nitrogen and oxygen atoms in total. The maximum atomic E-state index is 12.8. The van der Waals surface area contributed by atoms with Crippen molar-refractivity contribution >= 4 is 11.7 Å². The second-order valence-corrected chi connectivity index (χ2v) is 7.22. The Morgan fingerprint density at radius 1 is 1.12 bits per heavy atom. The number of nitrogens with two attached hydrogens (primary N) is 2. The lowest BCUT2D eigenvalue weighted by molar-refractivity contribution is -0.141. The molecule has 1 aromatic heterocycles. The van der Waals surface area contributed by atoms with Gasteiger partial charge in [0, 0.05) is 18.8 Å². The number of halogens is 3. The average molecular weight is 448 g/mol. The number of carbonyl (C=O) groups excluding carboxylic acids is 1. The highest BCUT2D eigenvalue weighted by Crippen LogP contribution is 2.29. The van der Waals surface area contributed by atoms with Gasteiger partial charge in [-0.15, -0.1) is 0 Å². The van der Waals surface area contributed by atoms with E-state index in [1.54, 1.807) is 37.3 Å². The van der Waals surface area contributed by atoms with Gasteiger partial charge in [0.25, 0.3) is 0 Å². The number of hydrazine groups is 2. The Bertz CT molecular complexity index is 1130. The van der Waals surface area contributed by atoms with E-state index in [0.29, 0.717) is 28.3 Å². The second kappa shape index (κ2) is 8.89. The van der Waals surface area contributed by atoms with Crippen molar-refractivity contribution in [2.45, 2.75) is 26.6 Å². The van der Waals surface area contributed by atoms with E-state index in [4.69, 9.17) is 16.4 Å². The van der Waals surface area contributed by atoms with Crippen LogP contribution in [0.2, 0.25) is 0 Å². The summed E-state index contributed by atoms with van der Waals surface area (Å²) in [6.45, 7) is 3.74. The molecular weight excluding hydrogens is 425 g/mol. The van der Waals surface area contributed by atoms with Gasteiger partial charge in [-0.2, -0.15) is 18.3 Å². The summed E-state index contributed by atoms with van der Waals surface area (Å²) in [6, 6.07) is 10.5. The van der Waals surface area contributed by atoms with Crippen LogP contribution in [0.25, 0.3) is 5.69 Å². The lowest BCUT2D eigenvalue weighted by Crippen LogP contribution is -2.49. The van der Waals surface area contributed by atoms with Gasteiger partial charge in [0.05, 0.1) is 11.4 Å². The summed E-state index contributed by atoms with van der Waals surface area (Å²) in [6.07, 6.45) is -3.26. The first kappa shape index (κ1) is 23.1. The molecule has 3 rings (SSSR count). The summed E-state index contributed by atoms with van der Waals surface area (Å²) in [5.41, 5.74) is 2.19. The molecule has 1 heterocycles. The normalized spacial score (nSPS) is 11.4. The van der Waals surface area contributed by atoms with Crippen molar-refractivity contribution in [2.24, 2.45) is 11.7 Å². The number of aryl methyl sites for hydroxylation is 2. The SMILES string of the molecule is Cc1cc(-n2ccc(C(F)(F)F)n2)ccc1OCc1c(C)cccc1N(N)C(=O)N(C)N. The third-order valence-electron chi connectivity index (χ3n) is 4.83. The molecule has 0 saturated heterocycles. The van der Waals surface area contributed by atoms with Crippen molar-refractivity contribution in [3.63, 3.8) is 0 Å². The Balaban J connectivity index is 1.81. The maximum Gasteiger partial charge on any atom is 0.435 e. The number of alkyl halides is 3.